The number of hydrogen-bond donors (Lipinski definition) is 2. The largest absolute Gasteiger partial charge is 0.409 e. The summed E-state index contributed by atoms with van der Waals surface area (Å²) in [7, 11) is 1.94. The molecule has 3 N–H and O–H groups in total. The van der Waals surface area contributed by atoms with Crippen LogP contribution >= 0.6 is 15.9 Å². The highest BCUT2D eigenvalue weighted by Crippen LogP contribution is 2.24. The van der Waals surface area contributed by atoms with Gasteiger partial charge in [0.25, 0.3) is 0 Å². The molecule has 5 nitrogen and oxygen atoms in total. The smallest absolute Gasteiger partial charge is 0.172 e. The molecular weight excluding hydrogens is 320 g/mol. The van der Waals surface area contributed by atoms with Crippen LogP contribution in [0.25, 0.3) is 0 Å². The lowest BCUT2D eigenvalue weighted by Crippen LogP contribution is -2.23. The maximum Gasteiger partial charge on any atom is 0.172 e. The Morgan fingerprint density at radius 2 is 2.20 bits per heavy atom. The van der Waals surface area contributed by atoms with Crippen molar-refractivity contribution in [3.63, 3.8) is 0 Å². The van der Waals surface area contributed by atoms with Crippen molar-refractivity contribution in [1.29, 1.82) is 0 Å². The minimum Gasteiger partial charge on any atom is -0.409 e. The van der Waals surface area contributed by atoms with Crippen LogP contribution < -0.4 is 10.6 Å². The lowest BCUT2D eigenvalue weighted by atomic mass is 10.1. The highest BCUT2D eigenvalue weighted by Gasteiger charge is 2.12. The molecule has 1 heterocycles. The number of pyridine rings is 1. The van der Waals surface area contributed by atoms with Crippen LogP contribution in [-0.2, 0) is 6.54 Å². The SMILES string of the molecule is CN(Cc1ccccn1)c1ccc(Br)cc1/C(N)=N/O. The second kappa shape index (κ2) is 6.38. The fourth-order valence-electron chi connectivity index (χ4n) is 1.92. The van der Waals surface area contributed by atoms with Gasteiger partial charge in [0.1, 0.15) is 0 Å². The zero-order valence-corrected chi connectivity index (χ0v) is 12.6. The zero-order valence-electron chi connectivity index (χ0n) is 11.0. The van der Waals surface area contributed by atoms with Crippen LogP contribution in [0.4, 0.5) is 5.69 Å². The Bertz CT molecular complexity index is 616. The lowest BCUT2D eigenvalue weighted by molar-refractivity contribution is 0.318. The van der Waals surface area contributed by atoms with Crippen LogP contribution in [0.3, 0.4) is 0 Å². The Morgan fingerprint density at radius 3 is 2.85 bits per heavy atom. The summed E-state index contributed by atoms with van der Waals surface area (Å²) in [6.07, 6.45) is 1.76. The van der Waals surface area contributed by atoms with Crippen LogP contribution in [0, 0.1) is 0 Å². The summed E-state index contributed by atoms with van der Waals surface area (Å²) in [4.78, 5) is 6.30. The zero-order chi connectivity index (χ0) is 14.5. The number of aromatic nitrogens is 1. The summed E-state index contributed by atoms with van der Waals surface area (Å²) in [5.41, 5.74) is 8.22. The number of nitrogens with zero attached hydrogens (tertiary/aromatic N) is 3. The molecule has 1 aromatic heterocycles. The number of rotatable bonds is 4. The summed E-state index contributed by atoms with van der Waals surface area (Å²) in [6, 6.07) is 11.4. The molecule has 0 bridgehead atoms. The van der Waals surface area contributed by atoms with E-state index in [1.54, 1.807) is 6.20 Å². The first kappa shape index (κ1) is 14.3. The normalized spacial score (nSPS) is 11.4. The molecule has 0 saturated carbocycles. The fraction of sp³-hybridized carbons (Fsp3) is 0.143. The number of oxime groups is 1. The Morgan fingerprint density at radius 1 is 1.40 bits per heavy atom. The van der Waals surface area contributed by atoms with Gasteiger partial charge in [0.2, 0.25) is 0 Å². The molecule has 0 amide bonds. The number of nitrogens with two attached hydrogens (primary N) is 1. The third-order valence-electron chi connectivity index (χ3n) is 2.88. The lowest BCUT2D eigenvalue weighted by Gasteiger charge is -2.22. The summed E-state index contributed by atoms with van der Waals surface area (Å²) >= 11 is 3.39. The first-order valence-electron chi connectivity index (χ1n) is 6.00. The third-order valence-corrected chi connectivity index (χ3v) is 3.37. The maximum absolute atomic E-state index is 8.89. The predicted octanol–water partition coefficient (Wildman–Crippen LogP) is 2.58. The average molecular weight is 335 g/mol. The second-order valence-corrected chi connectivity index (χ2v) is 5.24. The first-order chi connectivity index (χ1) is 9.61. The number of benzene rings is 1. The molecule has 0 saturated heterocycles. The van der Waals surface area contributed by atoms with Crippen molar-refractivity contribution >= 4 is 27.5 Å². The molecule has 104 valence electrons. The first-order valence-corrected chi connectivity index (χ1v) is 6.79. The highest BCUT2D eigenvalue weighted by atomic mass is 79.9. The fourth-order valence-corrected chi connectivity index (χ4v) is 2.28. The van der Waals surface area contributed by atoms with Crippen LogP contribution in [-0.4, -0.2) is 23.1 Å². The van der Waals surface area contributed by atoms with Crippen LogP contribution in [0.1, 0.15) is 11.3 Å². The number of hydrogen-bond acceptors (Lipinski definition) is 4. The molecule has 0 fully saturated rings. The van der Waals surface area contributed by atoms with Crippen molar-refractivity contribution in [2.24, 2.45) is 10.9 Å². The molecule has 0 aliphatic carbocycles. The summed E-state index contributed by atoms with van der Waals surface area (Å²) in [5.74, 6) is 0.0779. The molecule has 0 unspecified atom stereocenters. The van der Waals surface area contributed by atoms with E-state index in [0.717, 1.165) is 15.9 Å². The number of anilines is 1. The standard InChI is InChI=1S/C14H15BrN4O/c1-19(9-11-4-2-3-7-17-11)13-6-5-10(15)8-12(13)14(16)18-20/h2-8,20H,9H2,1H3,(H2,16,18). The molecule has 0 atom stereocenters. The molecule has 1 aromatic carbocycles. The van der Waals surface area contributed by atoms with Crippen molar-refractivity contribution in [1.82, 2.24) is 4.98 Å². The molecule has 2 rings (SSSR count). The Hall–Kier alpha value is -2.08. The van der Waals surface area contributed by atoms with Gasteiger partial charge in [-0.1, -0.05) is 27.2 Å². The predicted molar refractivity (Wildman–Crippen MR) is 83.0 cm³/mol. The van der Waals surface area contributed by atoms with E-state index in [1.807, 2.05) is 48.3 Å². The molecule has 20 heavy (non-hydrogen) atoms. The van der Waals surface area contributed by atoms with Gasteiger partial charge in [0.15, 0.2) is 5.84 Å². The third kappa shape index (κ3) is 3.27. The van der Waals surface area contributed by atoms with Gasteiger partial charge in [-0.2, -0.15) is 0 Å². The molecule has 0 aliphatic heterocycles. The van der Waals surface area contributed by atoms with Gasteiger partial charge in [-0.15, -0.1) is 0 Å². The maximum atomic E-state index is 8.89. The van der Waals surface area contributed by atoms with Crippen LogP contribution in [0.15, 0.2) is 52.2 Å². The molecular formula is C14H15BrN4O. The molecule has 6 heteroatoms. The Balaban J connectivity index is 2.32. The van der Waals surface area contributed by atoms with E-state index in [2.05, 4.69) is 26.1 Å². The average Bonchev–Trinajstić information content (AvgIpc) is 2.47. The van der Waals surface area contributed by atoms with Gasteiger partial charge < -0.3 is 15.8 Å². The molecule has 0 spiro atoms. The van der Waals surface area contributed by atoms with Gasteiger partial charge >= 0.3 is 0 Å². The highest BCUT2D eigenvalue weighted by molar-refractivity contribution is 9.10. The van der Waals surface area contributed by atoms with E-state index < -0.39 is 0 Å². The van der Waals surface area contributed by atoms with Crippen molar-refractivity contribution in [3.8, 4) is 0 Å². The van der Waals surface area contributed by atoms with Crippen molar-refractivity contribution in [2.75, 3.05) is 11.9 Å². The van der Waals surface area contributed by atoms with Gasteiger partial charge in [0.05, 0.1) is 12.2 Å². The van der Waals surface area contributed by atoms with E-state index in [0.29, 0.717) is 12.1 Å². The Kier molecular flexibility index (Phi) is 4.57. The molecule has 2 aromatic rings. The quantitative estimate of drug-likeness (QED) is 0.390. The van der Waals surface area contributed by atoms with Crippen LogP contribution in [0.5, 0.6) is 0 Å². The summed E-state index contributed by atoms with van der Waals surface area (Å²) in [6.45, 7) is 0.633. The van der Waals surface area contributed by atoms with Gasteiger partial charge in [0, 0.05) is 29.0 Å². The summed E-state index contributed by atoms with van der Waals surface area (Å²) < 4.78 is 0.870. The monoisotopic (exact) mass is 334 g/mol. The van der Waals surface area contributed by atoms with E-state index in [9.17, 15) is 0 Å². The Labute approximate surface area is 125 Å². The number of halogens is 1. The molecule has 0 radical (unpaired) electrons. The minimum atomic E-state index is 0.0779. The van der Waals surface area contributed by atoms with Gasteiger partial charge in [-0.25, -0.2) is 0 Å². The van der Waals surface area contributed by atoms with Crippen molar-refractivity contribution in [3.05, 3.63) is 58.3 Å². The minimum absolute atomic E-state index is 0.0779. The van der Waals surface area contributed by atoms with E-state index in [-0.39, 0.29) is 5.84 Å². The van der Waals surface area contributed by atoms with Crippen molar-refractivity contribution < 1.29 is 5.21 Å². The summed E-state index contributed by atoms with van der Waals surface area (Å²) in [5, 5.41) is 12.0. The molecule has 0 aliphatic rings. The number of amidine groups is 1. The van der Waals surface area contributed by atoms with Crippen molar-refractivity contribution in [2.45, 2.75) is 6.54 Å². The van der Waals surface area contributed by atoms with E-state index in [4.69, 9.17) is 10.9 Å². The van der Waals surface area contributed by atoms with E-state index >= 15 is 0 Å². The topological polar surface area (TPSA) is 74.7 Å². The van der Waals surface area contributed by atoms with Crippen LogP contribution in [0.2, 0.25) is 0 Å². The van der Waals surface area contributed by atoms with E-state index in [1.165, 1.54) is 0 Å². The van der Waals surface area contributed by atoms with Gasteiger partial charge in [-0.05, 0) is 30.3 Å². The van der Waals surface area contributed by atoms with Gasteiger partial charge in [-0.3, -0.25) is 4.98 Å². The second-order valence-electron chi connectivity index (χ2n) is 4.32.